The Morgan fingerprint density at radius 2 is 2.29 bits per heavy atom. The highest BCUT2D eigenvalue weighted by molar-refractivity contribution is 5.89. The number of rotatable bonds is 2. The Balaban J connectivity index is 1.64. The van der Waals surface area contributed by atoms with Gasteiger partial charge in [-0.05, 0) is 31.4 Å². The van der Waals surface area contributed by atoms with Gasteiger partial charge in [-0.25, -0.2) is 4.79 Å². The number of hydrogen-bond acceptors (Lipinski definition) is 4. The van der Waals surface area contributed by atoms with Crippen molar-refractivity contribution in [2.75, 3.05) is 25.0 Å². The lowest BCUT2D eigenvalue weighted by Gasteiger charge is -2.24. The Kier molecular flexibility index (Phi) is 3.74. The molecule has 1 aromatic carbocycles. The number of carbonyl (C=O) groups is 1. The van der Waals surface area contributed by atoms with Crippen molar-refractivity contribution >= 4 is 17.4 Å². The summed E-state index contributed by atoms with van der Waals surface area (Å²) in [4.78, 5) is 24.3. The summed E-state index contributed by atoms with van der Waals surface area (Å²) in [5.41, 5.74) is 0.432. The number of benzene rings is 1. The standard InChI is InChI=1S/C14H18N4O3/c19-14(16-11-4-1-5-12(7-11)18(20)21)17-8-10-3-2-6-15-13(10)9-17/h1,4-5,7,10,13,15H,2-3,6,8-9H2,(H,16,19)/t10-,13+/m0/s1. The van der Waals surface area contributed by atoms with E-state index in [-0.39, 0.29) is 11.7 Å². The number of urea groups is 1. The minimum Gasteiger partial charge on any atom is -0.323 e. The largest absolute Gasteiger partial charge is 0.323 e. The molecule has 0 aliphatic carbocycles. The highest BCUT2D eigenvalue weighted by atomic mass is 16.6. The van der Waals surface area contributed by atoms with Crippen molar-refractivity contribution in [1.82, 2.24) is 10.2 Å². The Morgan fingerprint density at radius 3 is 3.05 bits per heavy atom. The normalized spacial score (nSPS) is 24.5. The molecule has 0 saturated carbocycles. The maximum atomic E-state index is 12.3. The molecule has 2 atom stereocenters. The molecular weight excluding hydrogens is 272 g/mol. The average Bonchev–Trinajstić information content (AvgIpc) is 2.91. The smallest absolute Gasteiger partial charge is 0.321 e. The number of fused-ring (bicyclic) bond motifs is 1. The van der Waals surface area contributed by atoms with Crippen molar-refractivity contribution in [1.29, 1.82) is 0 Å². The van der Waals surface area contributed by atoms with Gasteiger partial charge in [-0.2, -0.15) is 0 Å². The van der Waals surface area contributed by atoms with Crippen LogP contribution >= 0.6 is 0 Å². The van der Waals surface area contributed by atoms with Crippen LogP contribution in [0, 0.1) is 16.0 Å². The molecule has 2 amide bonds. The van der Waals surface area contributed by atoms with Crippen molar-refractivity contribution in [2.24, 2.45) is 5.92 Å². The third-order valence-corrected chi connectivity index (χ3v) is 4.19. The molecule has 1 aromatic rings. The third kappa shape index (κ3) is 2.97. The Hall–Kier alpha value is -2.15. The molecule has 2 saturated heterocycles. The van der Waals surface area contributed by atoms with Gasteiger partial charge in [0, 0.05) is 37.0 Å². The summed E-state index contributed by atoms with van der Waals surface area (Å²) in [5, 5.41) is 16.9. The SMILES string of the molecule is O=C(Nc1cccc([N+](=O)[O-])c1)N1C[C@@H]2CCCN[C@@H]2C1. The lowest BCUT2D eigenvalue weighted by molar-refractivity contribution is -0.384. The fraction of sp³-hybridized carbons (Fsp3) is 0.500. The number of amides is 2. The number of nitrogens with one attached hydrogen (secondary N) is 2. The van der Waals surface area contributed by atoms with Crippen LogP contribution in [0.15, 0.2) is 24.3 Å². The summed E-state index contributed by atoms with van der Waals surface area (Å²) >= 11 is 0. The van der Waals surface area contributed by atoms with Gasteiger partial charge >= 0.3 is 6.03 Å². The van der Waals surface area contributed by atoms with Crippen molar-refractivity contribution in [2.45, 2.75) is 18.9 Å². The number of carbonyl (C=O) groups excluding carboxylic acids is 1. The minimum absolute atomic E-state index is 0.0236. The predicted molar refractivity (Wildman–Crippen MR) is 78.2 cm³/mol. The quantitative estimate of drug-likeness (QED) is 0.642. The van der Waals surface area contributed by atoms with Crippen LogP contribution < -0.4 is 10.6 Å². The zero-order valence-corrected chi connectivity index (χ0v) is 11.6. The van der Waals surface area contributed by atoms with Gasteiger partial charge in [0.1, 0.15) is 0 Å². The van der Waals surface area contributed by atoms with Gasteiger partial charge in [0.25, 0.3) is 5.69 Å². The molecule has 7 nitrogen and oxygen atoms in total. The second-order valence-electron chi connectivity index (χ2n) is 5.61. The molecule has 0 aromatic heterocycles. The third-order valence-electron chi connectivity index (χ3n) is 4.19. The topological polar surface area (TPSA) is 87.5 Å². The molecule has 7 heteroatoms. The fourth-order valence-corrected chi connectivity index (χ4v) is 3.11. The van der Waals surface area contributed by atoms with Crippen LogP contribution in [0.5, 0.6) is 0 Å². The molecule has 112 valence electrons. The lowest BCUT2D eigenvalue weighted by atomic mass is 9.94. The molecule has 0 spiro atoms. The van der Waals surface area contributed by atoms with E-state index in [0.29, 0.717) is 24.2 Å². The van der Waals surface area contributed by atoms with Gasteiger partial charge in [0.05, 0.1) is 4.92 Å². The Labute approximate surface area is 122 Å². The number of nitro benzene ring substituents is 1. The molecule has 0 radical (unpaired) electrons. The monoisotopic (exact) mass is 290 g/mol. The summed E-state index contributed by atoms with van der Waals surface area (Å²) < 4.78 is 0. The molecule has 0 unspecified atom stereocenters. The molecule has 3 rings (SSSR count). The van der Waals surface area contributed by atoms with E-state index in [9.17, 15) is 14.9 Å². The van der Waals surface area contributed by atoms with Crippen LogP contribution in [0.4, 0.5) is 16.2 Å². The van der Waals surface area contributed by atoms with Crippen molar-refractivity contribution in [3.8, 4) is 0 Å². The first kappa shape index (κ1) is 13.8. The number of non-ortho nitro benzene ring substituents is 1. The van der Waals surface area contributed by atoms with Crippen LogP contribution in [0.25, 0.3) is 0 Å². The summed E-state index contributed by atoms with van der Waals surface area (Å²) in [7, 11) is 0. The molecule has 21 heavy (non-hydrogen) atoms. The van der Waals surface area contributed by atoms with E-state index in [1.54, 1.807) is 17.0 Å². The molecule has 2 heterocycles. The Bertz CT molecular complexity index is 549. The first-order valence-electron chi connectivity index (χ1n) is 7.17. The summed E-state index contributed by atoms with van der Waals surface area (Å²) in [6, 6.07) is 6.20. The highest BCUT2D eigenvalue weighted by Gasteiger charge is 2.36. The predicted octanol–water partition coefficient (Wildman–Crippen LogP) is 1.81. The van der Waals surface area contributed by atoms with Crippen LogP contribution in [-0.2, 0) is 0 Å². The summed E-state index contributed by atoms with van der Waals surface area (Å²) in [6.45, 7) is 2.46. The number of nitrogens with zero attached hydrogens (tertiary/aromatic N) is 2. The van der Waals surface area contributed by atoms with Crippen molar-refractivity contribution in [3.05, 3.63) is 34.4 Å². The average molecular weight is 290 g/mol. The van der Waals surface area contributed by atoms with Gasteiger partial charge in [0.2, 0.25) is 0 Å². The number of nitro groups is 1. The zero-order chi connectivity index (χ0) is 14.8. The van der Waals surface area contributed by atoms with Gasteiger partial charge in [0.15, 0.2) is 0 Å². The van der Waals surface area contributed by atoms with Gasteiger partial charge in [-0.15, -0.1) is 0 Å². The van der Waals surface area contributed by atoms with E-state index in [0.717, 1.165) is 25.9 Å². The van der Waals surface area contributed by atoms with Crippen molar-refractivity contribution < 1.29 is 9.72 Å². The van der Waals surface area contributed by atoms with Gasteiger partial charge in [-0.1, -0.05) is 6.07 Å². The van der Waals surface area contributed by atoms with Gasteiger partial charge < -0.3 is 15.5 Å². The second kappa shape index (κ2) is 5.69. The first-order chi connectivity index (χ1) is 10.1. The van der Waals surface area contributed by atoms with Crippen LogP contribution in [0.3, 0.4) is 0 Å². The fourth-order valence-electron chi connectivity index (χ4n) is 3.11. The molecule has 2 N–H and O–H groups in total. The zero-order valence-electron chi connectivity index (χ0n) is 11.6. The van der Waals surface area contributed by atoms with Crippen LogP contribution in [0.2, 0.25) is 0 Å². The Morgan fingerprint density at radius 1 is 1.43 bits per heavy atom. The number of likely N-dealkylation sites (tertiary alicyclic amines) is 1. The van der Waals surface area contributed by atoms with E-state index in [1.807, 2.05) is 0 Å². The minimum atomic E-state index is -0.468. The molecule has 0 bridgehead atoms. The van der Waals surface area contributed by atoms with E-state index < -0.39 is 4.92 Å². The van der Waals surface area contributed by atoms with E-state index in [1.165, 1.54) is 12.1 Å². The first-order valence-corrected chi connectivity index (χ1v) is 7.17. The molecule has 2 aliphatic heterocycles. The molecular formula is C14H18N4O3. The number of anilines is 1. The van der Waals surface area contributed by atoms with Crippen LogP contribution in [-0.4, -0.2) is 41.5 Å². The van der Waals surface area contributed by atoms with Gasteiger partial charge in [-0.3, -0.25) is 10.1 Å². The molecule has 2 aliphatic rings. The van der Waals surface area contributed by atoms with Crippen LogP contribution in [0.1, 0.15) is 12.8 Å². The molecule has 2 fully saturated rings. The van der Waals surface area contributed by atoms with Crippen molar-refractivity contribution in [3.63, 3.8) is 0 Å². The lowest BCUT2D eigenvalue weighted by Crippen LogP contribution is -2.41. The number of piperidine rings is 1. The second-order valence-corrected chi connectivity index (χ2v) is 5.61. The number of hydrogen-bond donors (Lipinski definition) is 2. The summed E-state index contributed by atoms with van der Waals surface area (Å²) in [5.74, 6) is 0.523. The highest BCUT2D eigenvalue weighted by Crippen LogP contribution is 2.25. The van der Waals surface area contributed by atoms with E-state index >= 15 is 0 Å². The summed E-state index contributed by atoms with van der Waals surface area (Å²) in [6.07, 6.45) is 2.31. The van der Waals surface area contributed by atoms with E-state index in [2.05, 4.69) is 10.6 Å². The van der Waals surface area contributed by atoms with E-state index in [4.69, 9.17) is 0 Å². The maximum absolute atomic E-state index is 12.3. The maximum Gasteiger partial charge on any atom is 0.321 e.